The predicted octanol–water partition coefficient (Wildman–Crippen LogP) is 3.25. The number of anilines is 1. The van der Waals surface area contributed by atoms with Crippen molar-refractivity contribution >= 4 is 28.6 Å². The Morgan fingerprint density at radius 2 is 2.24 bits per heavy atom. The van der Waals surface area contributed by atoms with Crippen molar-refractivity contribution in [2.24, 2.45) is 0 Å². The van der Waals surface area contributed by atoms with Gasteiger partial charge in [0.25, 0.3) is 0 Å². The minimum atomic E-state index is 0.124. The highest BCUT2D eigenvalue weighted by atomic mass is 35.5. The summed E-state index contributed by atoms with van der Waals surface area (Å²) >= 11 is 7.90. The molecule has 1 aromatic carbocycles. The minimum Gasteiger partial charge on any atom is -0.376 e. The first-order valence-electron chi connectivity index (χ1n) is 6.34. The molecule has 0 radical (unpaired) electrons. The molecule has 0 aliphatic carbocycles. The number of thiazole rings is 1. The Morgan fingerprint density at radius 1 is 1.38 bits per heavy atom. The molecule has 0 aliphatic rings. The molecule has 1 unspecified atom stereocenters. The van der Waals surface area contributed by atoms with Crippen molar-refractivity contribution in [2.45, 2.75) is 19.9 Å². The van der Waals surface area contributed by atoms with E-state index in [0.717, 1.165) is 17.1 Å². The molecule has 3 aromatic rings. The fourth-order valence-electron chi connectivity index (χ4n) is 2.07. The Morgan fingerprint density at radius 3 is 2.90 bits per heavy atom. The van der Waals surface area contributed by atoms with Gasteiger partial charge in [-0.3, -0.25) is 0 Å². The van der Waals surface area contributed by atoms with Crippen molar-refractivity contribution in [3.8, 4) is 5.69 Å². The second kappa shape index (κ2) is 5.79. The van der Waals surface area contributed by atoms with Crippen LogP contribution in [0.25, 0.3) is 5.69 Å². The van der Waals surface area contributed by atoms with Crippen LogP contribution in [0, 0.1) is 6.92 Å². The summed E-state index contributed by atoms with van der Waals surface area (Å²) in [5, 5.41) is 15.2. The average molecular weight is 321 g/mol. The molecule has 0 amide bonds. The molecule has 6 nitrogen and oxygen atoms in total. The van der Waals surface area contributed by atoms with Crippen molar-refractivity contribution in [1.82, 2.24) is 25.2 Å². The maximum Gasteiger partial charge on any atom is 0.143 e. The Bertz CT molecular complexity index is 739. The molecule has 0 saturated heterocycles. The summed E-state index contributed by atoms with van der Waals surface area (Å²) in [6, 6.07) is 5.74. The molecule has 2 aromatic heterocycles. The molecule has 21 heavy (non-hydrogen) atoms. The highest BCUT2D eigenvalue weighted by molar-refractivity contribution is 7.09. The lowest BCUT2D eigenvalue weighted by molar-refractivity contribution is 0.788. The van der Waals surface area contributed by atoms with Gasteiger partial charge in [-0.1, -0.05) is 11.6 Å². The van der Waals surface area contributed by atoms with Gasteiger partial charge in [0.1, 0.15) is 6.33 Å². The molecule has 108 valence electrons. The van der Waals surface area contributed by atoms with Gasteiger partial charge < -0.3 is 5.32 Å². The summed E-state index contributed by atoms with van der Waals surface area (Å²) in [7, 11) is 0. The monoisotopic (exact) mass is 320 g/mol. The molecule has 3 rings (SSSR count). The van der Waals surface area contributed by atoms with Gasteiger partial charge in [-0.05, 0) is 42.5 Å². The van der Waals surface area contributed by atoms with Crippen LogP contribution in [0.15, 0.2) is 30.0 Å². The van der Waals surface area contributed by atoms with Crippen LogP contribution in [-0.2, 0) is 0 Å². The standard InChI is InChI=1S/C13H13ClN6S/c1-8-13(21-7-15-8)9(2)17-12-5-10(3-4-11(12)14)20-6-16-18-19-20/h3-7,9,17H,1-2H3. The predicted molar refractivity (Wildman–Crippen MR) is 83.1 cm³/mol. The maximum atomic E-state index is 6.27. The van der Waals surface area contributed by atoms with Crippen LogP contribution in [0.1, 0.15) is 23.5 Å². The highest BCUT2D eigenvalue weighted by Gasteiger charge is 2.13. The van der Waals surface area contributed by atoms with Crippen LogP contribution < -0.4 is 5.32 Å². The van der Waals surface area contributed by atoms with E-state index in [1.807, 2.05) is 30.6 Å². The minimum absolute atomic E-state index is 0.124. The molecule has 1 atom stereocenters. The first-order valence-corrected chi connectivity index (χ1v) is 7.60. The number of rotatable bonds is 4. The van der Waals surface area contributed by atoms with Gasteiger partial charge in [0.05, 0.1) is 33.6 Å². The number of nitrogens with one attached hydrogen (secondary N) is 1. The summed E-state index contributed by atoms with van der Waals surface area (Å²) in [6.45, 7) is 4.09. The number of hydrogen-bond acceptors (Lipinski definition) is 6. The van der Waals surface area contributed by atoms with Crippen molar-refractivity contribution in [1.29, 1.82) is 0 Å². The third kappa shape index (κ3) is 2.88. The van der Waals surface area contributed by atoms with E-state index in [4.69, 9.17) is 11.6 Å². The zero-order valence-corrected chi connectivity index (χ0v) is 13.1. The molecular formula is C13H13ClN6S. The smallest absolute Gasteiger partial charge is 0.143 e. The van der Waals surface area contributed by atoms with E-state index in [1.54, 1.807) is 22.3 Å². The van der Waals surface area contributed by atoms with Crippen molar-refractivity contribution in [2.75, 3.05) is 5.32 Å². The van der Waals surface area contributed by atoms with Gasteiger partial charge in [0, 0.05) is 4.88 Å². The van der Waals surface area contributed by atoms with Crippen molar-refractivity contribution < 1.29 is 0 Å². The van der Waals surface area contributed by atoms with Crippen molar-refractivity contribution in [3.63, 3.8) is 0 Å². The SMILES string of the molecule is Cc1ncsc1C(C)Nc1cc(-n2cnnn2)ccc1Cl. The number of aryl methyl sites for hydroxylation is 1. The molecule has 0 fully saturated rings. The van der Waals surface area contributed by atoms with E-state index in [9.17, 15) is 0 Å². The molecular weight excluding hydrogens is 308 g/mol. The van der Waals surface area contributed by atoms with E-state index in [0.29, 0.717) is 5.02 Å². The Balaban J connectivity index is 1.88. The highest BCUT2D eigenvalue weighted by Crippen LogP contribution is 2.30. The third-order valence-electron chi connectivity index (χ3n) is 3.11. The molecule has 0 saturated carbocycles. The largest absolute Gasteiger partial charge is 0.376 e. The lowest BCUT2D eigenvalue weighted by Gasteiger charge is -2.16. The fourth-order valence-corrected chi connectivity index (χ4v) is 3.05. The third-order valence-corrected chi connectivity index (χ3v) is 4.55. The second-order valence-electron chi connectivity index (χ2n) is 4.59. The summed E-state index contributed by atoms with van der Waals surface area (Å²) in [5.74, 6) is 0. The Kier molecular flexibility index (Phi) is 3.85. The first kappa shape index (κ1) is 14.0. The quantitative estimate of drug-likeness (QED) is 0.799. The van der Waals surface area contributed by atoms with Crippen LogP contribution in [0.5, 0.6) is 0 Å². The van der Waals surface area contributed by atoms with Gasteiger partial charge in [-0.15, -0.1) is 16.4 Å². The Hall–Kier alpha value is -1.99. The van der Waals surface area contributed by atoms with Crippen LogP contribution in [0.2, 0.25) is 5.02 Å². The molecule has 0 spiro atoms. The van der Waals surface area contributed by atoms with E-state index in [-0.39, 0.29) is 6.04 Å². The summed E-state index contributed by atoms with van der Waals surface area (Å²) < 4.78 is 1.59. The molecule has 1 N–H and O–H groups in total. The van der Waals surface area contributed by atoms with Gasteiger partial charge in [0.15, 0.2) is 0 Å². The van der Waals surface area contributed by atoms with Crippen molar-refractivity contribution in [3.05, 3.63) is 45.6 Å². The summed E-state index contributed by atoms with van der Waals surface area (Å²) in [5.41, 5.74) is 4.57. The van der Waals surface area contributed by atoms with Crippen LogP contribution >= 0.6 is 22.9 Å². The first-order chi connectivity index (χ1) is 10.1. The second-order valence-corrected chi connectivity index (χ2v) is 5.88. The number of hydrogen-bond donors (Lipinski definition) is 1. The number of halogens is 1. The van der Waals surface area contributed by atoms with Gasteiger partial charge in [0.2, 0.25) is 0 Å². The number of benzene rings is 1. The van der Waals surface area contributed by atoms with E-state index in [1.165, 1.54) is 4.88 Å². The topological polar surface area (TPSA) is 68.5 Å². The molecule has 0 bridgehead atoms. The summed E-state index contributed by atoms with van der Waals surface area (Å²) in [4.78, 5) is 5.47. The zero-order valence-electron chi connectivity index (χ0n) is 11.5. The van der Waals surface area contributed by atoms with Gasteiger partial charge >= 0.3 is 0 Å². The zero-order chi connectivity index (χ0) is 14.8. The van der Waals surface area contributed by atoms with Gasteiger partial charge in [-0.2, -0.15) is 0 Å². The lowest BCUT2D eigenvalue weighted by Crippen LogP contribution is -2.07. The van der Waals surface area contributed by atoms with Crippen LogP contribution in [0.3, 0.4) is 0 Å². The van der Waals surface area contributed by atoms with Crippen LogP contribution in [-0.4, -0.2) is 25.2 Å². The molecule has 8 heteroatoms. The number of tetrazole rings is 1. The fraction of sp³-hybridized carbons (Fsp3) is 0.231. The van der Waals surface area contributed by atoms with E-state index < -0.39 is 0 Å². The Labute approximate surface area is 130 Å². The van der Waals surface area contributed by atoms with Crippen LogP contribution in [0.4, 0.5) is 5.69 Å². The maximum absolute atomic E-state index is 6.27. The normalized spacial score (nSPS) is 12.3. The van der Waals surface area contributed by atoms with Gasteiger partial charge in [-0.25, -0.2) is 9.67 Å². The van der Waals surface area contributed by atoms with E-state index in [2.05, 4.69) is 32.7 Å². The average Bonchev–Trinajstić information content (AvgIpc) is 3.12. The van der Waals surface area contributed by atoms with E-state index >= 15 is 0 Å². The summed E-state index contributed by atoms with van der Waals surface area (Å²) in [6.07, 6.45) is 1.55. The lowest BCUT2D eigenvalue weighted by atomic mass is 10.2. The molecule has 2 heterocycles. The molecule has 0 aliphatic heterocycles. The number of aromatic nitrogens is 5. The number of nitrogens with zero attached hydrogens (tertiary/aromatic N) is 5.